The van der Waals surface area contributed by atoms with E-state index in [1.807, 2.05) is 76.2 Å². The number of hydrogen-bond donors (Lipinski definition) is 2. The van der Waals surface area contributed by atoms with E-state index in [2.05, 4.69) is 10.6 Å². The van der Waals surface area contributed by atoms with Crippen LogP contribution in [0.2, 0.25) is 0 Å². The lowest BCUT2D eigenvalue weighted by Gasteiger charge is -2.32. The molecule has 0 bridgehead atoms. The van der Waals surface area contributed by atoms with Crippen molar-refractivity contribution in [3.63, 3.8) is 0 Å². The van der Waals surface area contributed by atoms with E-state index in [9.17, 15) is 9.59 Å². The summed E-state index contributed by atoms with van der Waals surface area (Å²) in [6.45, 7) is 8.25. The number of alkyl halides is 1. The molecule has 0 radical (unpaired) electrons. The van der Waals surface area contributed by atoms with E-state index in [1.165, 1.54) is 0 Å². The molecule has 2 N–H and O–H groups in total. The smallest absolute Gasteiger partial charge is 0.445 e. The topological polar surface area (TPSA) is 85.9 Å². The maximum absolute atomic E-state index is 12.3. The van der Waals surface area contributed by atoms with Crippen LogP contribution < -0.4 is 10.6 Å². The van der Waals surface area contributed by atoms with Crippen molar-refractivity contribution in [1.29, 1.82) is 0 Å². The van der Waals surface area contributed by atoms with Crippen molar-refractivity contribution in [2.75, 3.05) is 17.7 Å². The van der Waals surface area contributed by atoms with Crippen molar-refractivity contribution in [2.45, 2.75) is 45.5 Å². The van der Waals surface area contributed by atoms with Gasteiger partial charge in [0.2, 0.25) is 5.91 Å². The number of carbonyl (C=O) groups excluding carboxylic acids is 2. The summed E-state index contributed by atoms with van der Waals surface area (Å²) >= 11 is 5.54. The van der Waals surface area contributed by atoms with Crippen molar-refractivity contribution in [1.82, 2.24) is 5.32 Å². The van der Waals surface area contributed by atoms with Crippen LogP contribution in [0, 0.1) is 0 Å². The van der Waals surface area contributed by atoms with Crippen LogP contribution in [0.25, 0.3) is 6.08 Å². The third-order valence-electron chi connectivity index (χ3n) is 5.87. The molecule has 0 spiro atoms. The number of carbonyl (C=O) groups is 2. The molecule has 1 aliphatic heterocycles. The molecule has 0 unspecified atom stereocenters. The molecule has 1 fully saturated rings. The minimum Gasteiger partial charge on any atom is -0.445 e. The number of amides is 2. The van der Waals surface area contributed by atoms with Crippen LogP contribution in [0.4, 0.5) is 10.5 Å². The Bertz CT molecular complexity index is 1010. The third-order valence-corrected chi connectivity index (χ3v) is 6.12. The minimum absolute atomic E-state index is 0.111. The average molecular weight is 485 g/mol. The highest BCUT2D eigenvalue weighted by Crippen LogP contribution is 2.38. The van der Waals surface area contributed by atoms with Gasteiger partial charge < -0.3 is 24.7 Å². The van der Waals surface area contributed by atoms with E-state index in [-0.39, 0.29) is 24.9 Å². The van der Waals surface area contributed by atoms with E-state index in [4.69, 9.17) is 25.6 Å². The molecule has 1 heterocycles. The quantitative estimate of drug-likeness (QED) is 0.415. The van der Waals surface area contributed by atoms with Gasteiger partial charge in [-0.05, 0) is 56.4 Å². The molecule has 0 aromatic heterocycles. The van der Waals surface area contributed by atoms with E-state index < -0.39 is 24.4 Å². The first-order valence-corrected chi connectivity index (χ1v) is 11.6. The Labute approximate surface area is 205 Å². The van der Waals surface area contributed by atoms with Gasteiger partial charge in [0.15, 0.2) is 0 Å². The van der Waals surface area contributed by atoms with E-state index in [1.54, 1.807) is 12.1 Å². The number of anilines is 1. The van der Waals surface area contributed by atoms with Crippen LogP contribution in [0.3, 0.4) is 0 Å². The third kappa shape index (κ3) is 6.85. The van der Waals surface area contributed by atoms with Gasteiger partial charge >= 0.3 is 13.2 Å². The fourth-order valence-corrected chi connectivity index (χ4v) is 3.28. The van der Waals surface area contributed by atoms with Crippen LogP contribution in [0.15, 0.2) is 60.1 Å². The first-order valence-electron chi connectivity index (χ1n) is 11.1. The molecule has 2 aromatic carbocycles. The number of halogens is 1. The second-order valence-electron chi connectivity index (χ2n) is 9.03. The molecule has 0 aliphatic carbocycles. The fourth-order valence-electron chi connectivity index (χ4n) is 3.22. The standard InChI is InChI=1S/C25H30BClN2O5/c1-24(2)25(3,4)34-26(33-24)20(14-18-10-12-21(13-11-18)29-22(30)15-27)16-28-23(31)32-17-19-8-6-5-7-9-19/h5-14H,15-17H2,1-4H3,(H,28,31)(H,29,30). The second kappa shape index (κ2) is 11.1. The first kappa shape index (κ1) is 25.8. The SMILES string of the molecule is CC1(C)OB(C(=Cc2ccc(NC(=O)CCl)cc2)CNC(=O)OCc2ccccc2)OC1(C)C. The highest BCUT2D eigenvalue weighted by Gasteiger charge is 2.52. The van der Waals surface area contributed by atoms with Crippen molar-refractivity contribution >= 4 is 42.5 Å². The largest absolute Gasteiger partial charge is 0.492 e. The van der Waals surface area contributed by atoms with Gasteiger partial charge in [-0.15, -0.1) is 11.6 Å². The Hall–Kier alpha value is -2.81. The van der Waals surface area contributed by atoms with Gasteiger partial charge in [-0.25, -0.2) is 4.79 Å². The summed E-state index contributed by atoms with van der Waals surface area (Å²) in [4.78, 5) is 23.8. The van der Waals surface area contributed by atoms with E-state index >= 15 is 0 Å². The maximum Gasteiger partial charge on any atom is 0.492 e. The van der Waals surface area contributed by atoms with Gasteiger partial charge in [0.1, 0.15) is 12.5 Å². The highest BCUT2D eigenvalue weighted by molar-refractivity contribution is 6.56. The zero-order chi connectivity index (χ0) is 24.8. The number of ether oxygens (including phenoxy) is 1. The van der Waals surface area contributed by atoms with Gasteiger partial charge in [0.25, 0.3) is 0 Å². The Kier molecular flexibility index (Phi) is 8.41. The fraction of sp³-hybridized carbons (Fsp3) is 0.360. The summed E-state index contributed by atoms with van der Waals surface area (Å²) < 4.78 is 17.7. The predicted octanol–water partition coefficient (Wildman–Crippen LogP) is 4.81. The molecule has 3 rings (SSSR count). The number of alkyl carbamates (subject to hydrolysis) is 1. The Morgan fingerprint density at radius 1 is 1.00 bits per heavy atom. The van der Waals surface area contributed by atoms with Gasteiger partial charge in [-0.1, -0.05) is 48.5 Å². The molecule has 0 saturated carbocycles. The summed E-state index contributed by atoms with van der Waals surface area (Å²) in [5.41, 5.74) is 2.07. The Balaban J connectivity index is 1.72. The Morgan fingerprint density at radius 3 is 2.21 bits per heavy atom. The Morgan fingerprint density at radius 2 is 1.62 bits per heavy atom. The summed E-state index contributed by atoms with van der Waals surface area (Å²) in [7, 11) is -0.643. The number of hydrogen-bond acceptors (Lipinski definition) is 5. The van der Waals surface area contributed by atoms with Crippen molar-refractivity contribution < 1.29 is 23.6 Å². The van der Waals surface area contributed by atoms with Crippen LogP contribution in [0.5, 0.6) is 0 Å². The molecule has 7 nitrogen and oxygen atoms in total. The van der Waals surface area contributed by atoms with E-state index in [0.29, 0.717) is 5.69 Å². The molecule has 2 amide bonds. The average Bonchev–Trinajstić information content (AvgIpc) is 3.03. The van der Waals surface area contributed by atoms with Crippen LogP contribution in [-0.4, -0.2) is 42.7 Å². The number of nitrogens with one attached hydrogen (secondary N) is 2. The lowest BCUT2D eigenvalue weighted by molar-refractivity contribution is -0.113. The zero-order valence-corrected chi connectivity index (χ0v) is 20.6. The number of benzene rings is 2. The van der Waals surface area contributed by atoms with Gasteiger partial charge in [-0.2, -0.15) is 0 Å². The van der Waals surface area contributed by atoms with Crippen molar-refractivity contribution in [2.24, 2.45) is 0 Å². The molecule has 0 atom stereocenters. The summed E-state index contributed by atoms with van der Waals surface area (Å²) in [5.74, 6) is -0.388. The van der Waals surface area contributed by atoms with Crippen molar-refractivity contribution in [3.8, 4) is 0 Å². The van der Waals surface area contributed by atoms with Gasteiger partial charge in [-0.3, -0.25) is 4.79 Å². The molecule has 2 aromatic rings. The molecule has 34 heavy (non-hydrogen) atoms. The second-order valence-corrected chi connectivity index (χ2v) is 9.29. The normalized spacial score (nSPS) is 16.7. The number of rotatable bonds is 8. The van der Waals surface area contributed by atoms with Gasteiger partial charge in [0.05, 0.1) is 11.2 Å². The summed E-state index contributed by atoms with van der Waals surface area (Å²) in [5, 5.41) is 5.49. The van der Waals surface area contributed by atoms with Crippen LogP contribution >= 0.6 is 11.6 Å². The van der Waals surface area contributed by atoms with Crippen molar-refractivity contribution in [3.05, 3.63) is 71.2 Å². The zero-order valence-electron chi connectivity index (χ0n) is 19.9. The summed E-state index contributed by atoms with van der Waals surface area (Å²) in [6, 6.07) is 16.7. The molecule has 9 heteroatoms. The van der Waals surface area contributed by atoms with Crippen LogP contribution in [0.1, 0.15) is 38.8 Å². The minimum atomic E-state index is -0.643. The predicted molar refractivity (Wildman–Crippen MR) is 134 cm³/mol. The monoisotopic (exact) mass is 484 g/mol. The molecular weight excluding hydrogens is 455 g/mol. The molecule has 1 saturated heterocycles. The molecular formula is C25H30BClN2O5. The lowest BCUT2D eigenvalue weighted by atomic mass is 9.77. The summed E-state index contributed by atoms with van der Waals surface area (Å²) in [6.07, 6.45) is 1.36. The highest BCUT2D eigenvalue weighted by atomic mass is 35.5. The van der Waals surface area contributed by atoms with E-state index in [0.717, 1.165) is 16.6 Å². The molecule has 1 aliphatic rings. The lowest BCUT2D eigenvalue weighted by Crippen LogP contribution is -2.41. The first-order chi connectivity index (χ1) is 16.1. The van der Waals surface area contributed by atoms with Gasteiger partial charge in [0, 0.05) is 12.2 Å². The molecule has 180 valence electrons. The van der Waals surface area contributed by atoms with Crippen LogP contribution in [-0.2, 0) is 25.4 Å². The maximum atomic E-state index is 12.3.